The molecule has 0 spiro atoms. The molecule has 3 rings (SSSR count). The van der Waals surface area contributed by atoms with E-state index in [0.717, 1.165) is 32.0 Å². The van der Waals surface area contributed by atoms with Crippen molar-refractivity contribution in [2.24, 2.45) is 0 Å². The highest BCUT2D eigenvalue weighted by molar-refractivity contribution is 5.50. The minimum atomic E-state index is 0.667. The minimum absolute atomic E-state index is 0.667. The van der Waals surface area contributed by atoms with Gasteiger partial charge in [-0.15, -0.1) is 0 Å². The van der Waals surface area contributed by atoms with E-state index in [2.05, 4.69) is 45.1 Å². The Labute approximate surface area is 118 Å². The van der Waals surface area contributed by atoms with Gasteiger partial charge in [0.1, 0.15) is 5.82 Å². The molecule has 0 bridgehead atoms. The highest BCUT2D eigenvalue weighted by atomic mass is 15.3. The number of para-hydroxylation sites is 1. The predicted octanol–water partition coefficient (Wildman–Crippen LogP) is 2.28. The molecule has 0 amide bonds. The highest BCUT2D eigenvalue weighted by Gasteiger charge is 2.18. The summed E-state index contributed by atoms with van der Waals surface area (Å²) in [4.78, 5) is 8.98. The third-order valence-electron chi connectivity index (χ3n) is 3.60. The van der Waals surface area contributed by atoms with Crippen molar-refractivity contribution >= 4 is 11.5 Å². The zero-order chi connectivity index (χ0) is 13.8. The van der Waals surface area contributed by atoms with Crippen LogP contribution in [-0.4, -0.2) is 31.2 Å². The second-order valence-corrected chi connectivity index (χ2v) is 4.82. The Morgan fingerprint density at radius 3 is 2.35 bits per heavy atom. The van der Waals surface area contributed by atoms with Gasteiger partial charge in [-0.05, 0) is 24.3 Å². The van der Waals surface area contributed by atoms with Crippen LogP contribution in [0.25, 0.3) is 0 Å². The highest BCUT2D eigenvalue weighted by Crippen LogP contribution is 2.19. The van der Waals surface area contributed by atoms with Crippen LogP contribution in [0.15, 0.2) is 48.7 Å². The van der Waals surface area contributed by atoms with Crippen LogP contribution in [0.5, 0.6) is 0 Å². The smallest absolute Gasteiger partial charge is 0.129 e. The molecule has 0 radical (unpaired) electrons. The van der Waals surface area contributed by atoms with E-state index in [1.165, 1.54) is 5.69 Å². The maximum Gasteiger partial charge on any atom is 0.129 e. The first-order valence-electron chi connectivity index (χ1n) is 6.78. The Morgan fingerprint density at radius 1 is 0.950 bits per heavy atom. The van der Waals surface area contributed by atoms with Gasteiger partial charge in [-0.1, -0.05) is 18.2 Å². The third-order valence-corrected chi connectivity index (χ3v) is 3.60. The fourth-order valence-electron chi connectivity index (χ4n) is 2.49. The lowest BCUT2D eigenvalue weighted by Gasteiger charge is -2.36. The molecule has 1 aromatic carbocycles. The molecule has 2 aromatic rings. The van der Waals surface area contributed by atoms with Gasteiger partial charge in [0, 0.05) is 38.1 Å². The summed E-state index contributed by atoms with van der Waals surface area (Å²) in [5, 5.41) is 8.95. The quantitative estimate of drug-likeness (QED) is 0.834. The number of benzene rings is 1. The summed E-state index contributed by atoms with van der Waals surface area (Å²) in [5.74, 6) is 0.900. The molecule has 1 aliphatic heterocycles. The van der Waals surface area contributed by atoms with Crippen LogP contribution in [0.4, 0.5) is 11.5 Å². The molecule has 0 N–H and O–H groups in total. The summed E-state index contributed by atoms with van der Waals surface area (Å²) in [7, 11) is 0. The number of piperazine rings is 1. The Bertz CT molecular complexity index is 610. The maximum atomic E-state index is 8.95. The topological polar surface area (TPSA) is 43.2 Å². The first-order chi connectivity index (χ1) is 9.86. The number of rotatable bonds is 2. The standard InChI is InChI=1S/C16H16N4/c17-13-14-6-7-18-16(12-14)20-10-8-19(9-11-20)15-4-2-1-3-5-15/h1-7,12H,8-11H2. The lowest BCUT2D eigenvalue weighted by molar-refractivity contribution is 0.647. The van der Waals surface area contributed by atoms with Crippen LogP contribution in [0.2, 0.25) is 0 Å². The largest absolute Gasteiger partial charge is 0.368 e. The van der Waals surface area contributed by atoms with Crippen LogP contribution in [0.3, 0.4) is 0 Å². The normalized spacial score (nSPS) is 14.9. The number of nitrogens with zero attached hydrogens (tertiary/aromatic N) is 4. The molecule has 0 aliphatic carbocycles. The molecule has 100 valence electrons. The summed E-state index contributed by atoms with van der Waals surface area (Å²) in [6.45, 7) is 3.80. The van der Waals surface area contributed by atoms with Crippen molar-refractivity contribution in [1.29, 1.82) is 5.26 Å². The molecule has 0 atom stereocenters. The van der Waals surface area contributed by atoms with Gasteiger partial charge in [-0.3, -0.25) is 0 Å². The van der Waals surface area contributed by atoms with Crippen molar-refractivity contribution in [1.82, 2.24) is 4.98 Å². The van der Waals surface area contributed by atoms with Gasteiger partial charge in [0.05, 0.1) is 11.6 Å². The molecule has 1 aromatic heterocycles. The van der Waals surface area contributed by atoms with Gasteiger partial charge in [-0.25, -0.2) is 4.98 Å². The van der Waals surface area contributed by atoms with E-state index in [1.54, 1.807) is 12.3 Å². The average molecular weight is 264 g/mol. The van der Waals surface area contributed by atoms with Crippen molar-refractivity contribution in [3.63, 3.8) is 0 Å². The molecular weight excluding hydrogens is 248 g/mol. The number of nitriles is 1. The molecule has 1 fully saturated rings. The molecule has 4 nitrogen and oxygen atoms in total. The van der Waals surface area contributed by atoms with Gasteiger partial charge >= 0.3 is 0 Å². The Morgan fingerprint density at radius 2 is 1.65 bits per heavy atom. The maximum absolute atomic E-state index is 8.95. The summed E-state index contributed by atoms with van der Waals surface area (Å²) >= 11 is 0. The van der Waals surface area contributed by atoms with Crippen molar-refractivity contribution in [3.05, 3.63) is 54.2 Å². The summed E-state index contributed by atoms with van der Waals surface area (Å²) in [5.41, 5.74) is 1.94. The van der Waals surface area contributed by atoms with Gasteiger partial charge in [0.25, 0.3) is 0 Å². The van der Waals surface area contributed by atoms with E-state index >= 15 is 0 Å². The van der Waals surface area contributed by atoms with E-state index in [1.807, 2.05) is 12.1 Å². The fraction of sp³-hybridized carbons (Fsp3) is 0.250. The zero-order valence-corrected chi connectivity index (χ0v) is 11.2. The SMILES string of the molecule is N#Cc1ccnc(N2CCN(c3ccccc3)CC2)c1. The van der Waals surface area contributed by atoms with Crippen LogP contribution < -0.4 is 9.80 Å². The molecule has 4 heteroatoms. The Kier molecular flexibility index (Phi) is 3.51. The molecule has 1 aliphatic rings. The van der Waals surface area contributed by atoms with Crippen LogP contribution in [-0.2, 0) is 0 Å². The first-order valence-corrected chi connectivity index (χ1v) is 6.78. The Hall–Kier alpha value is -2.54. The van der Waals surface area contributed by atoms with Crippen molar-refractivity contribution in [2.45, 2.75) is 0 Å². The summed E-state index contributed by atoms with van der Waals surface area (Å²) in [6, 6.07) is 16.2. The van der Waals surface area contributed by atoms with E-state index in [4.69, 9.17) is 5.26 Å². The second kappa shape index (κ2) is 5.62. The predicted molar refractivity (Wildman–Crippen MR) is 79.8 cm³/mol. The molecule has 2 heterocycles. The van der Waals surface area contributed by atoms with Crippen LogP contribution >= 0.6 is 0 Å². The molecule has 0 unspecified atom stereocenters. The Balaban J connectivity index is 1.68. The van der Waals surface area contributed by atoms with Crippen molar-refractivity contribution < 1.29 is 0 Å². The van der Waals surface area contributed by atoms with E-state index in [9.17, 15) is 0 Å². The molecular formula is C16H16N4. The lowest BCUT2D eigenvalue weighted by Crippen LogP contribution is -2.46. The van der Waals surface area contributed by atoms with Crippen LogP contribution in [0, 0.1) is 11.3 Å². The van der Waals surface area contributed by atoms with E-state index in [0.29, 0.717) is 5.56 Å². The van der Waals surface area contributed by atoms with Gasteiger partial charge in [-0.2, -0.15) is 5.26 Å². The molecule has 1 saturated heterocycles. The monoisotopic (exact) mass is 264 g/mol. The number of anilines is 2. The van der Waals surface area contributed by atoms with Crippen molar-refractivity contribution in [3.8, 4) is 6.07 Å². The summed E-state index contributed by atoms with van der Waals surface area (Å²) < 4.78 is 0. The third kappa shape index (κ3) is 2.57. The number of hydrogen-bond acceptors (Lipinski definition) is 4. The van der Waals surface area contributed by atoms with Gasteiger partial charge in [0.15, 0.2) is 0 Å². The second-order valence-electron chi connectivity index (χ2n) is 4.82. The number of hydrogen-bond donors (Lipinski definition) is 0. The summed E-state index contributed by atoms with van der Waals surface area (Å²) in [6.07, 6.45) is 1.71. The van der Waals surface area contributed by atoms with Gasteiger partial charge < -0.3 is 9.80 Å². The van der Waals surface area contributed by atoms with Gasteiger partial charge in [0.2, 0.25) is 0 Å². The molecule has 20 heavy (non-hydrogen) atoms. The van der Waals surface area contributed by atoms with Crippen molar-refractivity contribution in [2.75, 3.05) is 36.0 Å². The minimum Gasteiger partial charge on any atom is -0.368 e. The average Bonchev–Trinajstić information content (AvgIpc) is 2.56. The number of pyridine rings is 1. The zero-order valence-electron chi connectivity index (χ0n) is 11.2. The first kappa shape index (κ1) is 12.5. The molecule has 0 saturated carbocycles. The number of aromatic nitrogens is 1. The fourth-order valence-corrected chi connectivity index (χ4v) is 2.49. The van der Waals surface area contributed by atoms with E-state index in [-0.39, 0.29) is 0 Å². The van der Waals surface area contributed by atoms with Crippen LogP contribution in [0.1, 0.15) is 5.56 Å². The van der Waals surface area contributed by atoms with E-state index < -0.39 is 0 Å². The lowest BCUT2D eigenvalue weighted by atomic mass is 10.2.